The predicted molar refractivity (Wildman–Crippen MR) is 129 cm³/mol. The number of rotatable bonds is 13. The summed E-state index contributed by atoms with van der Waals surface area (Å²) in [5, 5.41) is 2.64. The summed E-state index contributed by atoms with van der Waals surface area (Å²) in [5.41, 5.74) is 1.89. The van der Waals surface area contributed by atoms with Crippen LogP contribution in [0.4, 0.5) is 0 Å². The summed E-state index contributed by atoms with van der Waals surface area (Å²) >= 11 is 0. The molecule has 0 saturated carbocycles. The van der Waals surface area contributed by atoms with E-state index in [2.05, 4.69) is 30.4 Å². The van der Waals surface area contributed by atoms with Crippen LogP contribution in [0.5, 0.6) is 0 Å². The number of hydrogen-bond donors (Lipinski definition) is 1. The van der Waals surface area contributed by atoms with E-state index in [4.69, 9.17) is 9.47 Å². The van der Waals surface area contributed by atoms with Crippen molar-refractivity contribution in [3.05, 3.63) is 34.9 Å². The first-order valence-electron chi connectivity index (χ1n) is 12.6. The molecule has 0 bridgehead atoms. The second-order valence-electron chi connectivity index (χ2n) is 8.99. The summed E-state index contributed by atoms with van der Waals surface area (Å²) in [6.07, 6.45) is 10.6. The van der Waals surface area contributed by atoms with Gasteiger partial charge in [0, 0.05) is 12.8 Å². The van der Waals surface area contributed by atoms with E-state index in [1.807, 2.05) is 0 Å². The smallest absolute Gasteiger partial charge is 0.344 e. The first-order valence-corrected chi connectivity index (χ1v) is 12.6. The number of ether oxygens (including phenoxy) is 2. The first-order chi connectivity index (χ1) is 15.9. The van der Waals surface area contributed by atoms with Crippen LogP contribution in [0.15, 0.2) is 18.2 Å². The van der Waals surface area contributed by atoms with Crippen molar-refractivity contribution in [2.24, 2.45) is 5.92 Å². The zero-order chi connectivity index (χ0) is 24.3. The van der Waals surface area contributed by atoms with Crippen LogP contribution in [0.3, 0.4) is 0 Å². The van der Waals surface area contributed by atoms with E-state index in [9.17, 15) is 14.4 Å². The zero-order valence-electron chi connectivity index (χ0n) is 20.8. The molecule has 33 heavy (non-hydrogen) atoms. The molecule has 1 aliphatic rings. The number of carbonyl (C=O) groups is 3. The number of benzene rings is 1. The predicted octanol–water partition coefficient (Wildman–Crippen LogP) is 4.70. The third-order valence-electron chi connectivity index (χ3n) is 6.50. The third-order valence-corrected chi connectivity index (χ3v) is 6.50. The Morgan fingerprint density at radius 3 is 2.18 bits per heavy atom. The maximum absolute atomic E-state index is 13.1. The Bertz CT molecular complexity index is 786. The van der Waals surface area contributed by atoms with E-state index < -0.39 is 29.3 Å². The Balaban J connectivity index is 2.19. The molecule has 1 aromatic rings. The van der Waals surface area contributed by atoms with Crippen LogP contribution in [0.1, 0.15) is 89.3 Å². The molecule has 0 aliphatic heterocycles. The van der Waals surface area contributed by atoms with Crippen LogP contribution >= 0.6 is 0 Å². The zero-order valence-corrected chi connectivity index (χ0v) is 20.8. The van der Waals surface area contributed by atoms with Gasteiger partial charge in [0.15, 0.2) is 0 Å². The average Bonchev–Trinajstić information content (AvgIpc) is 2.79. The molecule has 1 atom stereocenters. The third kappa shape index (κ3) is 7.05. The van der Waals surface area contributed by atoms with Gasteiger partial charge in [0.25, 0.3) is 0 Å². The topological polar surface area (TPSA) is 81.7 Å². The molecule has 1 amide bonds. The molecular weight excluding hydrogens is 418 g/mol. The Hall–Kier alpha value is -2.37. The number of unbranched alkanes of at least 4 members (excludes halogenated alkanes) is 5. The maximum Gasteiger partial charge on any atom is 0.344 e. The lowest BCUT2D eigenvalue weighted by atomic mass is 9.72. The van der Waals surface area contributed by atoms with E-state index in [1.54, 1.807) is 13.8 Å². The van der Waals surface area contributed by atoms with Crippen molar-refractivity contribution < 1.29 is 23.9 Å². The highest BCUT2D eigenvalue weighted by molar-refractivity contribution is 6.08. The molecule has 184 valence electrons. The summed E-state index contributed by atoms with van der Waals surface area (Å²) in [7, 11) is 0. The van der Waals surface area contributed by atoms with E-state index in [0.29, 0.717) is 12.8 Å². The molecular formula is C27H41NO5. The molecule has 0 spiro atoms. The van der Waals surface area contributed by atoms with Crippen molar-refractivity contribution in [1.82, 2.24) is 5.32 Å². The van der Waals surface area contributed by atoms with Crippen molar-refractivity contribution in [2.45, 2.75) is 97.4 Å². The highest BCUT2D eigenvalue weighted by atomic mass is 16.6. The first kappa shape index (κ1) is 26.9. The summed E-state index contributed by atoms with van der Waals surface area (Å²) in [4.78, 5) is 38.2. The SMILES string of the molecule is CCCCCCCCc1ccc2c(c1)CC[C@@H](C(NC(C)=O)(C(=O)OCC)C(=O)OCC)C2. The van der Waals surface area contributed by atoms with E-state index in [1.165, 1.54) is 56.6 Å². The molecule has 0 heterocycles. The fourth-order valence-electron chi connectivity index (χ4n) is 4.83. The minimum absolute atomic E-state index is 0.116. The molecule has 0 fully saturated rings. The van der Waals surface area contributed by atoms with E-state index in [0.717, 1.165) is 18.4 Å². The second kappa shape index (κ2) is 13.4. The van der Waals surface area contributed by atoms with Gasteiger partial charge in [-0.05, 0) is 62.6 Å². The summed E-state index contributed by atoms with van der Waals surface area (Å²) < 4.78 is 10.5. The Kier molecular flexibility index (Phi) is 10.9. The number of fused-ring (bicyclic) bond motifs is 1. The Morgan fingerprint density at radius 1 is 0.939 bits per heavy atom. The summed E-state index contributed by atoms with van der Waals surface area (Å²) in [6.45, 7) is 7.14. The fraction of sp³-hybridized carbons (Fsp3) is 0.667. The van der Waals surface area contributed by atoms with Gasteiger partial charge in [0.2, 0.25) is 11.4 Å². The molecule has 0 unspecified atom stereocenters. The average molecular weight is 460 g/mol. The van der Waals surface area contributed by atoms with Gasteiger partial charge < -0.3 is 14.8 Å². The number of carbonyl (C=O) groups excluding carboxylic acids is 3. The highest BCUT2D eigenvalue weighted by Gasteiger charge is 2.56. The van der Waals surface area contributed by atoms with E-state index in [-0.39, 0.29) is 13.2 Å². The van der Waals surface area contributed by atoms with Gasteiger partial charge in [-0.3, -0.25) is 4.79 Å². The van der Waals surface area contributed by atoms with Crippen LogP contribution in [-0.2, 0) is 43.1 Å². The number of aryl methyl sites for hydroxylation is 2. The van der Waals surface area contributed by atoms with Crippen LogP contribution < -0.4 is 5.32 Å². The molecule has 2 rings (SSSR count). The van der Waals surface area contributed by atoms with Gasteiger partial charge in [-0.25, -0.2) is 9.59 Å². The molecule has 6 nitrogen and oxygen atoms in total. The Labute approximate surface area is 198 Å². The van der Waals surface area contributed by atoms with Crippen LogP contribution in [0.25, 0.3) is 0 Å². The van der Waals surface area contributed by atoms with Crippen LogP contribution in [0.2, 0.25) is 0 Å². The molecule has 0 saturated heterocycles. The number of amides is 1. The molecule has 6 heteroatoms. The molecule has 1 aliphatic carbocycles. The summed E-state index contributed by atoms with van der Waals surface area (Å²) in [5.74, 6) is -2.38. The van der Waals surface area contributed by atoms with Crippen LogP contribution in [-0.4, -0.2) is 36.6 Å². The van der Waals surface area contributed by atoms with Crippen molar-refractivity contribution >= 4 is 17.8 Å². The molecule has 1 N–H and O–H groups in total. The minimum Gasteiger partial charge on any atom is -0.464 e. The Morgan fingerprint density at radius 2 is 1.58 bits per heavy atom. The van der Waals surface area contributed by atoms with Crippen molar-refractivity contribution in [2.75, 3.05) is 13.2 Å². The van der Waals surface area contributed by atoms with Gasteiger partial charge in [0.1, 0.15) is 0 Å². The summed E-state index contributed by atoms with van der Waals surface area (Å²) in [6, 6.07) is 6.54. The number of nitrogens with one attached hydrogen (secondary N) is 1. The standard InChI is InChI=1S/C27H41NO5/c1-5-8-9-10-11-12-13-21-14-15-23-19-24(17-16-22(23)18-21)27(28-20(4)29,25(30)32-6-2)26(31)33-7-3/h14-15,18,24H,5-13,16-17,19H2,1-4H3,(H,28,29)/t24-/m1/s1. The quantitative estimate of drug-likeness (QED) is 0.263. The van der Waals surface area contributed by atoms with E-state index >= 15 is 0 Å². The van der Waals surface area contributed by atoms with Crippen molar-refractivity contribution in [3.8, 4) is 0 Å². The van der Waals surface area contributed by atoms with Gasteiger partial charge >= 0.3 is 11.9 Å². The van der Waals surface area contributed by atoms with Gasteiger partial charge in [-0.2, -0.15) is 0 Å². The van der Waals surface area contributed by atoms with Gasteiger partial charge in [0.05, 0.1) is 13.2 Å². The van der Waals surface area contributed by atoms with Crippen molar-refractivity contribution in [1.29, 1.82) is 0 Å². The monoisotopic (exact) mass is 459 g/mol. The lowest BCUT2D eigenvalue weighted by Crippen LogP contribution is -2.66. The fourth-order valence-corrected chi connectivity index (χ4v) is 4.83. The van der Waals surface area contributed by atoms with Crippen LogP contribution in [0, 0.1) is 5.92 Å². The number of hydrogen-bond acceptors (Lipinski definition) is 5. The lowest BCUT2D eigenvalue weighted by Gasteiger charge is -2.39. The molecule has 0 radical (unpaired) electrons. The lowest BCUT2D eigenvalue weighted by molar-refractivity contribution is -0.172. The highest BCUT2D eigenvalue weighted by Crippen LogP contribution is 2.35. The van der Waals surface area contributed by atoms with Gasteiger partial charge in [-0.1, -0.05) is 57.2 Å². The van der Waals surface area contributed by atoms with Crippen molar-refractivity contribution in [3.63, 3.8) is 0 Å². The van der Waals surface area contributed by atoms with Gasteiger partial charge in [-0.15, -0.1) is 0 Å². The molecule has 0 aromatic heterocycles. The second-order valence-corrected chi connectivity index (χ2v) is 8.99. The largest absolute Gasteiger partial charge is 0.464 e. The molecule has 1 aromatic carbocycles. The normalized spacial score (nSPS) is 15.5. The number of esters is 2. The minimum atomic E-state index is -1.83. The maximum atomic E-state index is 13.1.